The number of rotatable bonds is 8. The van der Waals surface area contributed by atoms with Crippen molar-refractivity contribution < 1.29 is 4.79 Å². The summed E-state index contributed by atoms with van der Waals surface area (Å²) in [6.45, 7) is 10.2. The van der Waals surface area contributed by atoms with Crippen LogP contribution in [-0.4, -0.2) is 43.2 Å². The summed E-state index contributed by atoms with van der Waals surface area (Å²) in [4.78, 5) is 13.5. The number of hydrogen-bond donors (Lipinski definition) is 2. The van der Waals surface area contributed by atoms with Crippen LogP contribution in [0.5, 0.6) is 0 Å². The molecular formula is C13H27N3O. The zero-order valence-corrected chi connectivity index (χ0v) is 11.5. The molecule has 4 nitrogen and oxygen atoms in total. The molecule has 1 aliphatic rings. The zero-order chi connectivity index (χ0) is 12.7. The lowest BCUT2D eigenvalue weighted by Crippen LogP contribution is -2.43. The predicted octanol–water partition coefficient (Wildman–Crippen LogP) is 1.82. The van der Waals surface area contributed by atoms with Gasteiger partial charge in [0, 0.05) is 25.7 Å². The van der Waals surface area contributed by atoms with E-state index < -0.39 is 0 Å². The molecule has 1 aliphatic heterocycles. The fraction of sp³-hybridized carbons (Fsp3) is 0.923. The second kappa shape index (κ2) is 7.54. The van der Waals surface area contributed by atoms with Crippen LogP contribution in [0.2, 0.25) is 0 Å². The van der Waals surface area contributed by atoms with E-state index in [0.717, 1.165) is 32.6 Å². The molecule has 2 unspecified atom stereocenters. The Labute approximate surface area is 105 Å². The van der Waals surface area contributed by atoms with Crippen LogP contribution < -0.4 is 10.6 Å². The van der Waals surface area contributed by atoms with Crippen LogP contribution in [0.25, 0.3) is 0 Å². The van der Waals surface area contributed by atoms with Crippen LogP contribution in [0, 0.1) is 5.92 Å². The molecule has 0 spiro atoms. The van der Waals surface area contributed by atoms with Gasteiger partial charge in [0.15, 0.2) is 0 Å². The molecule has 4 heteroatoms. The van der Waals surface area contributed by atoms with Crippen LogP contribution in [0.3, 0.4) is 0 Å². The first-order valence-electron chi connectivity index (χ1n) is 6.99. The van der Waals surface area contributed by atoms with Crippen molar-refractivity contribution in [2.45, 2.75) is 46.1 Å². The Hall–Kier alpha value is -0.770. The monoisotopic (exact) mass is 241 g/mol. The first kappa shape index (κ1) is 14.3. The SMILES string of the molecule is CCCC(NCC)C(CC)CN1CCNC1=O. The van der Waals surface area contributed by atoms with Gasteiger partial charge in [0.25, 0.3) is 0 Å². The molecule has 17 heavy (non-hydrogen) atoms. The van der Waals surface area contributed by atoms with E-state index >= 15 is 0 Å². The van der Waals surface area contributed by atoms with Gasteiger partial charge in [-0.2, -0.15) is 0 Å². The molecule has 1 rings (SSSR count). The van der Waals surface area contributed by atoms with Crippen molar-refractivity contribution in [3.63, 3.8) is 0 Å². The van der Waals surface area contributed by atoms with E-state index in [1.807, 2.05) is 4.90 Å². The van der Waals surface area contributed by atoms with E-state index in [0.29, 0.717) is 12.0 Å². The fourth-order valence-corrected chi connectivity index (χ4v) is 2.59. The second-order valence-electron chi connectivity index (χ2n) is 4.80. The van der Waals surface area contributed by atoms with Crippen molar-refractivity contribution in [3.8, 4) is 0 Å². The van der Waals surface area contributed by atoms with Crippen molar-refractivity contribution in [3.05, 3.63) is 0 Å². The van der Waals surface area contributed by atoms with Crippen molar-refractivity contribution in [1.82, 2.24) is 15.5 Å². The Morgan fingerprint density at radius 2 is 2.18 bits per heavy atom. The summed E-state index contributed by atoms with van der Waals surface area (Å²) in [5.41, 5.74) is 0. The smallest absolute Gasteiger partial charge is 0.317 e. The highest BCUT2D eigenvalue weighted by Crippen LogP contribution is 2.16. The third-order valence-electron chi connectivity index (χ3n) is 3.56. The molecule has 2 atom stereocenters. The normalized spacial score (nSPS) is 19.2. The topological polar surface area (TPSA) is 44.4 Å². The minimum Gasteiger partial charge on any atom is -0.336 e. The largest absolute Gasteiger partial charge is 0.336 e. The van der Waals surface area contributed by atoms with Gasteiger partial charge < -0.3 is 15.5 Å². The van der Waals surface area contributed by atoms with E-state index in [2.05, 4.69) is 31.4 Å². The van der Waals surface area contributed by atoms with Gasteiger partial charge in [-0.3, -0.25) is 0 Å². The number of carbonyl (C=O) groups is 1. The molecule has 100 valence electrons. The maximum atomic E-state index is 11.6. The van der Waals surface area contributed by atoms with Gasteiger partial charge in [0.1, 0.15) is 0 Å². The molecule has 1 saturated heterocycles. The van der Waals surface area contributed by atoms with Crippen LogP contribution in [0.4, 0.5) is 4.79 Å². The summed E-state index contributed by atoms with van der Waals surface area (Å²) in [6, 6.07) is 0.651. The Kier molecular flexibility index (Phi) is 6.34. The Morgan fingerprint density at radius 3 is 2.65 bits per heavy atom. The Morgan fingerprint density at radius 1 is 1.41 bits per heavy atom. The number of nitrogens with zero attached hydrogens (tertiary/aromatic N) is 1. The second-order valence-corrected chi connectivity index (χ2v) is 4.80. The maximum Gasteiger partial charge on any atom is 0.317 e. The van der Waals surface area contributed by atoms with Crippen LogP contribution >= 0.6 is 0 Å². The molecule has 0 radical (unpaired) electrons. The van der Waals surface area contributed by atoms with E-state index in [4.69, 9.17) is 0 Å². The minimum atomic E-state index is 0.107. The summed E-state index contributed by atoms with van der Waals surface area (Å²) in [5.74, 6) is 0.568. The van der Waals surface area contributed by atoms with Crippen molar-refractivity contribution >= 4 is 6.03 Å². The van der Waals surface area contributed by atoms with Gasteiger partial charge in [-0.1, -0.05) is 33.6 Å². The molecule has 0 saturated carbocycles. The van der Waals surface area contributed by atoms with Gasteiger partial charge in [-0.25, -0.2) is 4.79 Å². The molecule has 0 bridgehead atoms. The van der Waals surface area contributed by atoms with Crippen molar-refractivity contribution in [2.75, 3.05) is 26.2 Å². The van der Waals surface area contributed by atoms with E-state index in [1.165, 1.54) is 12.8 Å². The number of amides is 2. The van der Waals surface area contributed by atoms with Gasteiger partial charge in [0.05, 0.1) is 0 Å². The first-order chi connectivity index (χ1) is 8.22. The molecule has 0 aliphatic carbocycles. The molecule has 2 N–H and O–H groups in total. The van der Waals surface area contributed by atoms with Gasteiger partial charge in [-0.15, -0.1) is 0 Å². The third-order valence-corrected chi connectivity index (χ3v) is 3.56. The Balaban J connectivity index is 2.51. The average Bonchev–Trinajstić information content (AvgIpc) is 2.71. The van der Waals surface area contributed by atoms with Crippen LogP contribution in [0.1, 0.15) is 40.0 Å². The average molecular weight is 241 g/mol. The standard InChI is InChI=1S/C13H27N3O/c1-4-7-12(14-6-3)11(5-2)10-16-9-8-15-13(16)17/h11-12,14H,4-10H2,1-3H3,(H,15,17). The third kappa shape index (κ3) is 4.19. The summed E-state index contributed by atoms with van der Waals surface area (Å²) in [6.07, 6.45) is 3.52. The Bertz CT molecular complexity index is 227. The van der Waals surface area contributed by atoms with E-state index in [9.17, 15) is 4.79 Å². The highest BCUT2D eigenvalue weighted by atomic mass is 16.2. The van der Waals surface area contributed by atoms with Gasteiger partial charge in [0.2, 0.25) is 0 Å². The molecule has 1 fully saturated rings. The summed E-state index contributed by atoms with van der Waals surface area (Å²) >= 11 is 0. The molecule has 0 aromatic carbocycles. The molecule has 2 amide bonds. The lowest BCUT2D eigenvalue weighted by atomic mass is 9.92. The van der Waals surface area contributed by atoms with E-state index in [1.54, 1.807) is 0 Å². The lowest BCUT2D eigenvalue weighted by molar-refractivity contribution is 0.196. The number of nitrogens with one attached hydrogen (secondary N) is 2. The lowest BCUT2D eigenvalue weighted by Gasteiger charge is -2.30. The molecule has 0 aromatic rings. The van der Waals surface area contributed by atoms with E-state index in [-0.39, 0.29) is 6.03 Å². The van der Waals surface area contributed by atoms with Gasteiger partial charge >= 0.3 is 6.03 Å². The van der Waals surface area contributed by atoms with Crippen molar-refractivity contribution in [1.29, 1.82) is 0 Å². The minimum absolute atomic E-state index is 0.107. The number of hydrogen-bond acceptors (Lipinski definition) is 2. The predicted molar refractivity (Wildman–Crippen MR) is 71.1 cm³/mol. The fourth-order valence-electron chi connectivity index (χ4n) is 2.59. The van der Waals surface area contributed by atoms with Crippen LogP contribution in [-0.2, 0) is 0 Å². The number of urea groups is 1. The molecular weight excluding hydrogens is 214 g/mol. The zero-order valence-electron chi connectivity index (χ0n) is 11.5. The highest BCUT2D eigenvalue weighted by molar-refractivity contribution is 5.76. The van der Waals surface area contributed by atoms with Crippen molar-refractivity contribution in [2.24, 2.45) is 5.92 Å². The molecule has 1 heterocycles. The summed E-state index contributed by atoms with van der Waals surface area (Å²) < 4.78 is 0. The number of carbonyl (C=O) groups excluding carboxylic acids is 1. The molecule has 0 aromatic heterocycles. The van der Waals surface area contributed by atoms with Crippen LogP contribution in [0.15, 0.2) is 0 Å². The maximum absolute atomic E-state index is 11.6. The summed E-state index contributed by atoms with van der Waals surface area (Å²) in [5, 5.41) is 6.43. The highest BCUT2D eigenvalue weighted by Gasteiger charge is 2.26. The first-order valence-corrected chi connectivity index (χ1v) is 6.99. The summed E-state index contributed by atoms with van der Waals surface area (Å²) in [7, 11) is 0. The van der Waals surface area contributed by atoms with Gasteiger partial charge in [-0.05, 0) is 18.9 Å². The quantitative estimate of drug-likeness (QED) is 0.681.